The second kappa shape index (κ2) is 7.00. The molecule has 0 aliphatic rings. The fourth-order valence-corrected chi connectivity index (χ4v) is 1.78. The maximum Gasteiger partial charge on any atom is 0.338 e. The molecule has 0 saturated heterocycles. The van der Waals surface area contributed by atoms with Gasteiger partial charge in [-0.3, -0.25) is 4.79 Å². The summed E-state index contributed by atoms with van der Waals surface area (Å²) in [5, 5.41) is 2.14. The van der Waals surface area contributed by atoms with E-state index in [-0.39, 0.29) is 16.3 Å². The lowest BCUT2D eigenvalue weighted by atomic mass is 10.2. The van der Waals surface area contributed by atoms with Gasteiger partial charge in [0.15, 0.2) is 6.61 Å². The molecule has 1 N–H and O–H groups in total. The lowest BCUT2D eigenvalue weighted by molar-refractivity contribution is -0.119. The molecule has 2 rings (SSSR count). The van der Waals surface area contributed by atoms with Crippen molar-refractivity contribution in [2.75, 3.05) is 11.9 Å². The average molecular weight is 326 g/mol. The standard InChI is InChI=1S/C15H10ClF2NO3/c16-12-6-9(4-5-13(12)18)15(21)22-8-14(20)19-11-3-1-2-10(17)7-11/h1-7H,8H2,(H,19,20). The molecule has 0 aliphatic carbocycles. The number of hydrogen-bond acceptors (Lipinski definition) is 3. The number of hydrogen-bond donors (Lipinski definition) is 1. The highest BCUT2D eigenvalue weighted by molar-refractivity contribution is 6.31. The van der Waals surface area contributed by atoms with Gasteiger partial charge in [0.05, 0.1) is 10.6 Å². The van der Waals surface area contributed by atoms with Gasteiger partial charge in [0.2, 0.25) is 0 Å². The Morgan fingerprint density at radius 1 is 1.14 bits per heavy atom. The molecule has 0 aromatic heterocycles. The first-order valence-electron chi connectivity index (χ1n) is 6.13. The first-order valence-corrected chi connectivity index (χ1v) is 6.51. The number of nitrogens with one attached hydrogen (secondary N) is 1. The van der Waals surface area contributed by atoms with Crippen LogP contribution in [-0.4, -0.2) is 18.5 Å². The van der Waals surface area contributed by atoms with Crippen molar-refractivity contribution in [3.05, 3.63) is 64.7 Å². The quantitative estimate of drug-likeness (QED) is 0.876. The predicted octanol–water partition coefficient (Wildman–Crippen LogP) is 3.41. The van der Waals surface area contributed by atoms with Crippen LogP contribution in [0.25, 0.3) is 0 Å². The Morgan fingerprint density at radius 3 is 2.59 bits per heavy atom. The molecule has 0 bridgehead atoms. The number of rotatable bonds is 4. The SMILES string of the molecule is O=C(COC(=O)c1ccc(F)c(Cl)c1)Nc1cccc(F)c1. The molecule has 2 aromatic carbocycles. The summed E-state index contributed by atoms with van der Waals surface area (Å²) in [4.78, 5) is 23.3. The largest absolute Gasteiger partial charge is 0.452 e. The van der Waals surface area contributed by atoms with Gasteiger partial charge in [-0.25, -0.2) is 13.6 Å². The van der Waals surface area contributed by atoms with Crippen LogP contribution in [0, 0.1) is 11.6 Å². The Labute approximate surface area is 129 Å². The number of esters is 1. The second-order valence-electron chi connectivity index (χ2n) is 4.26. The minimum absolute atomic E-state index is 0.0185. The van der Waals surface area contributed by atoms with Crippen molar-refractivity contribution in [1.82, 2.24) is 0 Å². The van der Waals surface area contributed by atoms with Crippen LogP contribution in [0.3, 0.4) is 0 Å². The lowest BCUT2D eigenvalue weighted by Crippen LogP contribution is -2.21. The summed E-state index contributed by atoms with van der Waals surface area (Å²) >= 11 is 5.55. The van der Waals surface area contributed by atoms with Crippen molar-refractivity contribution in [1.29, 1.82) is 0 Å². The number of halogens is 3. The van der Waals surface area contributed by atoms with E-state index in [1.54, 1.807) is 0 Å². The summed E-state index contributed by atoms with van der Waals surface area (Å²) in [6.45, 7) is -0.565. The van der Waals surface area contributed by atoms with Crippen LogP contribution in [-0.2, 0) is 9.53 Å². The van der Waals surface area contributed by atoms with Gasteiger partial charge in [0.25, 0.3) is 5.91 Å². The minimum atomic E-state index is -0.823. The topological polar surface area (TPSA) is 55.4 Å². The molecule has 0 aliphatic heterocycles. The maximum atomic E-state index is 13.0. The second-order valence-corrected chi connectivity index (χ2v) is 4.67. The fraction of sp³-hybridized carbons (Fsp3) is 0.0667. The van der Waals surface area contributed by atoms with Crippen molar-refractivity contribution in [3.8, 4) is 0 Å². The number of carbonyl (C=O) groups excluding carboxylic acids is 2. The van der Waals surface area contributed by atoms with Gasteiger partial charge >= 0.3 is 5.97 Å². The Balaban J connectivity index is 1.90. The molecular formula is C15H10ClF2NO3. The van der Waals surface area contributed by atoms with Crippen molar-refractivity contribution >= 4 is 29.2 Å². The summed E-state index contributed by atoms with van der Waals surface area (Å²) in [5.74, 6) is -2.62. The van der Waals surface area contributed by atoms with E-state index in [2.05, 4.69) is 5.32 Å². The highest BCUT2D eigenvalue weighted by Gasteiger charge is 2.12. The summed E-state index contributed by atoms with van der Waals surface area (Å²) in [7, 11) is 0. The van der Waals surface area contributed by atoms with Crippen LogP contribution in [0.2, 0.25) is 5.02 Å². The molecule has 0 spiro atoms. The summed E-state index contributed by atoms with van der Waals surface area (Å²) in [6.07, 6.45) is 0. The van der Waals surface area contributed by atoms with E-state index in [0.29, 0.717) is 0 Å². The average Bonchev–Trinajstić information content (AvgIpc) is 2.47. The Morgan fingerprint density at radius 2 is 1.91 bits per heavy atom. The summed E-state index contributed by atoms with van der Waals surface area (Å²) in [5.41, 5.74) is 0.260. The van der Waals surface area contributed by atoms with Gasteiger partial charge in [0, 0.05) is 5.69 Å². The highest BCUT2D eigenvalue weighted by atomic mass is 35.5. The first-order chi connectivity index (χ1) is 10.5. The first kappa shape index (κ1) is 15.9. The van der Waals surface area contributed by atoms with Crippen LogP contribution in [0.15, 0.2) is 42.5 Å². The third-order valence-corrected chi connectivity index (χ3v) is 2.89. The van der Waals surface area contributed by atoms with E-state index < -0.39 is 30.1 Å². The number of benzene rings is 2. The third kappa shape index (κ3) is 4.26. The van der Waals surface area contributed by atoms with Crippen LogP contribution in [0.4, 0.5) is 14.5 Å². The molecule has 2 aromatic rings. The predicted molar refractivity (Wildman–Crippen MR) is 76.7 cm³/mol. The summed E-state index contributed by atoms with van der Waals surface area (Å²) < 4.78 is 30.7. The molecule has 0 fully saturated rings. The van der Waals surface area contributed by atoms with Gasteiger partial charge in [-0.1, -0.05) is 17.7 Å². The van der Waals surface area contributed by atoms with Gasteiger partial charge in [-0.05, 0) is 36.4 Å². The Hall–Kier alpha value is -2.47. The molecule has 0 atom stereocenters. The third-order valence-electron chi connectivity index (χ3n) is 2.60. The highest BCUT2D eigenvalue weighted by Crippen LogP contribution is 2.16. The number of anilines is 1. The zero-order chi connectivity index (χ0) is 16.1. The van der Waals surface area contributed by atoms with E-state index in [0.717, 1.165) is 18.2 Å². The van der Waals surface area contributed by atoms with E-state index >= 15 is 0 Å². The summed E-state index contributed by atoms with van der Waals surface area (Å²) in [6, 6.07) is 8.58. The van der Waals surface area contributed by atoms with Crippen LogP contribution < -0.4 is 5.32 Å². The van der Waals surface area contributed by atoms with Crippen LogP contribution in [0.5, 0.6) is 0 Å². The molecular weight excluding hydrogens is 316 g/mol. The molecule has 1 amide bonds. The maximum absolute atomic E-state index is 13.0. The van der Waals surface area contributed by atoms with Crippen LogP contribution >= 0.6 is 11.6 Å². The molecule has 4 nitrogen and oxygen atoms in total. The van der Waals surface area contributed by atoms with Gasteiger partial charge in [-0.2, -0.15) is 0 Å². The molecule has 0 unspecified atom stereocenters. The molecule has 22 heavy (non-hydrogen) atoms. The number of amides is 1. The lowest BCUT2D eigenvalue weighted by Gasteiger charge is -2.07. The normalized spacial score (nSPS) is 10.1. The van der Waals surface area contributed by atoms with Gasteiger partial charge in [0.1, 0.15) is 11.6 Å². The monoisotopic (exact) mass is 325 g/mol. The smallest absolute Gasteiger partial charge is 0.338 e. The van der Waals surface area contributed by atoms with E-state index in [1.807, 2.05) is 0 Å². The van der Waals surface area contributed by atoms with Crippen LogP contribution in [0.1, 0.15) is 10.4 Å². The minimum Gasteiger partial charge on any atom is -0.452 e. The molecule has 0 radical (unpaired) electrons. The Bertz CT molecular complexity index is 722. The Kier molecular flexibility index (Phi) is 5.06. The molecule has 7 heteroatoms. The number of carbonyl (C=O) groups is 2. The van der Waals surface area contributed by atoms with E-state index in [4.69, 9.17) is 16.3 Å². The van der Waals surface area contributed by atoms with Gasteiger partial charge < -0.3 is 10.1 Å². The van der Waals surface area contributed by atoms with E-state index in [9.17, 15) is 18.4 Å². The zero-order valence-corrected chi connectivity index (χ0v) is 11.9. The number of ether oxygens (including phenoxy) is 1. The van der Waals surface area contributed by atoms with Crippen molar-refractivity contribution in [3.63, 3.8) is 0 Å². The van der Waals surface area contributed by atoms with Crippen molar-refractivity contribution in [2.24, 2.45) is 0 Å². The molecule has 0 heterocycles. The fourth-order valence-electron chi connectivity index (χ4n) is 1.60. The zero-order valence-electron chi connectivity index (χ0n) is 11.1. The van der Waals surface area contributed by atoms with Gasteiger partial charge in [-0.15, -0.1) is 0 Å². The van der Waals surface area contributed by atoms with E-state index in [1.165, 1.54) is 24.3 Å². The molecule has 114 valence electrons. The van der Waals surface area contributed by atoms with Crippen molar-refractivity contribution < 1.29 is 23.1 Å². The molecule has 0 saturated carbocycles. The van der Waals surface area contributed by atoms with Crippen molar-refractivity contribution in [2.45, 2.75) is 0 Å².